The van der Waals surface area contributed by atoms with Crippen molar-refractivity contribution < 1.29 is 28.7 Å². The van der Waals surface area contributed by atoms with Crippen LogP contribution in [0.5, 0.6) is 0 Å². The van der Waals surface area contributed by atoms with Crippen LogP contribution in [-0.2, 0) is 28.7 Å². The number of rotatable bonds is 15. The Kier molecular flexibility index (Phi) is 15.0. The number of carbonyl (C=O) groups is 4. The summed E-state index contributed by atoms with van der Waals surface area (Å²) in [5.74, 6) is -0.317. The molecule has 0 saturated heterocycles. The molecule has 0 fully saturated rings. The topological polar surface area (TPSA) is 125 Å². The lowest BCUT2D eigenvalue weighted by atomic mass is 10.1. The Morgan fingerprint density at radius 2 is 1.63 bits per heavy atom. The summed E-state index contributed by atoms with van der Waals surface area (Å²) in [4.78, 5) is 47.4. The molecule has 0 aliphatic rings. The summed E-state index contributed by atoms with van der Waals surface area (Å²) in [6, 6.07) is -1.58. The van der Waals surface area contributed by atoms with Crippen molar-refractivity contribution in [2.24, 2.45) is 5.73 Å². The lowest BCUT2D eigenvalue weighted by molar-refractivity contribution is -0.145. The summed E-state index contributed by atoms with van der Waals surface area (Å²) < 4.78 is 9.61. The lowest BCUT2D eigenvalue weighted by Gasteiger charge is -2.17. The zero-order valence-corrected chi connectivity index (χ0v) is 17.8. The minimum atomic E-state index is -0.876. The van der Waals surface area contributed by atoms with E-state index in [2.05, 4.69) is 5.32 Å². The van der Waals surface area contributed by atoms with Crippen molar-refractivity contribution in [3.63, 3.8) is 0 Å². The van der Waals surface area contributed by atoms with Crippen LogP contribution in [0, 0.1) is 0 Å². The van der Waals surface area contributed by atoms with Crippen molar-refractivity contribution in [3.05, 3.63) is 0 Å². The number of nitrogens with one attached hydrogen (secondary N) is 1. The third-order valence-electron chi connectivity index (χ3n) is 3.31. The molecule has 0 aromatic heterocycles. The van der Waals surface area contributed by atoms with Crippen molar-refractivity contribution in [1.82, 2.24) is 5.32 Å². The van der Waals surface area contributed by atoms with Crippen molar-refractivity contribution in [2.75, 3.05) is 24.7 Å². The predicted molar refractivity (Wildman–Crippen MR) is 107 cm³/mol. The van der Waals surface area contributed by atoms with E-state index in [-0.39, 0.29) is 50.6 Å². The second kappa shape index (κ2) is 15.8. The maximum absolute atomic E-state index is 12.4. The minimum Gasteiger partial charge on any atom is -0.466 e. The van der Waals surface area contributed by atoms with Gasteiger partial charge in [0.1, 0.15) is 6.04 Å². The first-order valence-corrected chi connectivity index (χ1v) is 11.5. The summed E-state index contributed by atoms with van der Waals surface area (Å²) in [5.41, 5.74) is 5.67. The highest BCUT2D eigenvalue weighted by atomic mass is 33.1. The number of hydrogen-bond donors (Lipinski definition) is 2. The number of ketones is 1. The van der Waals surface area contributed by atoms with Gasteiger partial charge in [0.2, 0.25) is 5.91 Å². The maximum Gasteiger partial charge on any atom is 0.322 e. The molecular formula is C17H30N2O6S2. The zero-order valence-electron chi connectivity index (χ0n) is 16.2. The molecule has 10 heteroatoms. The molecule has 8 nitrogen and oxygen atoms in total. The summed E-state index contributed by atoms with van der Waals surface area (Å²) >= 11 is 0. The predicted octanol–water partition coefficient (Wildman–Crippen LogP) is 1.46. The molecule has 0 aromatic carbocycles. The van der Waals surface area contributed by atoms with Gasteiger partial charge in [-0.2, -0.15) is 0 Å². The molecule has 27 heavy (non-hydrogen) atoms. The first-order valence-electron chi connectivity index (χ1n) is 8.99. The Morgan fingerprint density at radius 1 is 0.963 bits per heavy atom. The Hall–Kier alpha value is -1.26. The van der Waals surface area contributed by atoms with Crippen LogP contribution in [0.1, 0.15) is 46.5 Å². The van der Waals surface area contributed by atoms with E-state index in [9.17, 15) is 19.2 Å². The van der Waals surface area contributed by atoms with Crippen LogP contribution in [0.4, 0.5) is 0 Å². The molecule has 3 N–H and O–H groups in total. The van der Waals surface area contributed by atoms with Gasteiger partial charge in [-0.3, -0.25) is 19.2 Å². The van der Waals surface area contributed by atoms with Gasteiger partial charge < -0.3 is 20.5 Å². The van der Waals surface area contributed by atoms with Gasteiger partial charge in [-0.15, -0.1) is 0 Å². The van der Waals surface area contributed by atoms with Gasteiger partial charge in [0.05, 0.1) is 25.7 Å². The number of ether oxygens (including phenoxy) is 2. The Balaban J connectivity index is 4.55. The minimum absolute atomic E-state index is 0.00344. The summed E-state index contributed by atoms with van der Waals surface area (Å²) in [5, 5.41) is 2.68. The summed E-state index contributed by atoms with van der Waals surface area (Å²) in [6.45, 7) is 5.85. The Morgan fingerprint density at radius 3 is 2.22 bits per heavy atom. The number of hydrogen-bond acceptors (Lipinski definition) is 9. The molecule has 0 spiro atoms. The van der Waals surface area contributed by atoms with Crippen molar-refractivity contribution in [3.8, 4) is 0 Å². The van der Waals surface area contributed by atoms with E-state index >= 15 is 0 Å². The van der Waals surface area contributed by atoms with Crippen molar-refractivity contribution in [1.29, 1.82) is 0 Å². The smallest absolute Gasteiger partial charge is 0.322 e. The molecule has 0 aliphatic carbocycles. The second-order valence-electron chi connectivity index (χ2n) is 5.48. The highest BCUT2D eigenvalue weighted by Crippen LogP contribution is 2.22. The van der Waals surface area contributed by atoms with Gasteiger partial charge in [0, 0.05) is 24.3 Å². The van der Waals surface area contributed by atoms with E-state index in [1.807, 2.05) is 6.92 Å². The Labute approximate surface area is 168 Å². The SMILES string of the molecule is CCOC(=O)CCC(=O)C(CSSCC)NC(=O)CCC(N)C(=O)OCC. The molecular weight excluding hydrogens is 392 g/mol. The van der Waals surface area contributed by atoms with Gasteiger partial charge in [-0.05, 0) is 20.3 Å². The number of esters is 2. The molecule has 2 unspecified atom stereocenters. The van der Waals surface area contributed by atoms with Crippen molar-refractivity contribution >= 4 is 45.2 Å². The van der Waals surface area contributed by atoms with Crippen LogP contribution in [0.15, 0.2) is 0 Å². The molecule has 0 heterocycles. The first-order chi connectivity index (χ1) is 12.8. The van der Waals surface area contributed by atoms with Gasteiger partial charge in [0.15, 0.2) is 5.78 Å². The molecule has 0 saturated carbocycles. The van der Waals surface area contributed by atoms with Crippen LogP contribution in [0.25, 0.3) is 0 Å². The quantitative estimate of drug-likeness (QED) is 0.229. The third kappa shape index (κ3) is 12.7. The number of amides is 1. The van der Waals surface area contributed by atoms with Gasteiger partial charge in [-0.25, -0.2) is 0 Å². The molecule has 0 aliphatic heterocycles. The van der Waals surface area contributed by atoms with Gasteiger partial charge in [0.25, 0.3) is 0 Å². The highest BCUT2D eigenvalue weighted by molar-refractivity contribution is 8.76. The van der Waals surface area contributed by atoms with E-state index in [0.717, 1.165) is 5.75 Å². The largest absolute Gasteiger partial charge is 0.466 e. The van der Waals surface area contributed by atoms with Crippen molar-refractivity contribution in [2.45, 2.75) is 58.5 Å². The summed E-state index contributed by atoms with van der Waals surface area (Å²) in [6.07, 6.45) is 0.125. The standard InChI is InChI=1S/C17H30N2O6S2/c1-4-24-16(22)10-8-14(20)13(11-27-26-6-3)19-15(21)9-7-12(18)17(23)25-5-2/h12-13H,4-11,18H2,1-3H3,(H,19,21). The zero-order chi connectivity index (χ0) is 20.7. The molecule has 0 radical (unpaired) electrons. The normalized spacial score (nSPS) is 12.7. The fraction of sp³-hybridized carbons (Fsp3) is 0.765. The number of nitrogens with two attached hydrogens (primary N) is 1. The second-order valence-corrected chi connectivity index (χ2v) is 8.28. The average Bonchev–Trinajstić information content (AvgIpc) is 2.63. The van der Waals surface area contributed by atoms with Crippen LogP contribution in [0.2, 0.25) is 0 Å². The molecule has 0 aromatic rings. The highest BCUT2D eigenvalue weighted by Gasteiger charge is 2.23. The fourth-order valence-corrected chi connectivity index (χ4v) is 3.83. The van der Waals surface area contributed by atoms with E-state index in [1.165, 1.54) is 10.8 Å². The van der Waals surface area contributed by atoms with E-state index in [4.69, 9.17) is 15.2 Å². The molecule has 2 atom stereocenters. The average molecular weight is 423 g/mol. The van der Waals surface area contributed by atoms with E-state index in [0.29, 0.717) is 5.75 Å². The van der Waals surface area contributed by atoms with Crippen LogP contribution in [-0.4, -0.2) is 60.4 Å². The number of Topliss-reactive ketones (excluding diaryl/α,β-unsaturated/α-hetero) is 1. The van der Waals surface area contributed by atoms with E-state index in [1.54, 1.807) is 24.6 Å². The molecule has 156 valence electrons. The molecule has 1 amide bonds. The lowest BCUT2D eigenvalue weighted by Crippen LogP contribution is -2.43. The van der Waals surface area contributed by atoms with Gasteiger partial charge in [-0.1, -0.05) is 28.5 Å². The van der Waals surface area contributed by atoms with Gasteiger partial charge >= 0.3 is 11.9 Å². The monoisotopic (exact) mass is 422 g/mol. The fourth-order valence-electron chi connectivity index (χ4n) is 1.97. The third-order valence-corrected chi connectivity index (χ3v) is 5.80. The van der Waals surface area contributed by atoms with Crippen LogP contribution < -0.4 is 11.1 Å². The summed E-state index contributed by atoms with van der Waals surface area (Å²) in [7, 11) is 3.06. The van der Waals surface area contributed by atoms with Crippen LogP contribution in [0.3, 0.4) is 0 Å². The molecule has 0 bridgehead atoms. The Bertz CT molecular complexity index is 490. The van der Waals surface area contributed by atoms with E-state index < -0.39 is 24.0 Å². The first kappa shape index (κ1) is 25.7. The van der Waals surface area contributed by atoms with Crippen LogP contribution >= 0.6 is 21.6 Å². The molecule has 0 rings (SSSR count). The number of carbonyl (C=O) groups excluding carboxylic acids is 4. The maximum atomic E-state index is 12.4.